The van der Waals surface area contributed by atoms with E-state index in [0.29, 0.717) is 16.5 Å². The van der Waals surface area contributed by atoms with Gasteiger partial charge in [0.15, 0.2) is 0 Å². The van der Waals surface area contributed by atoms with Crippen LogP contribution in [-0.4, -0.2) is 16.0 Å². The Bertz CT molecular complexity index is 563. The number of halogens is 3. The predicted molar refractivity (Wildman–Crippen MR) is 50.5 cm³/mol. The van der Waals surface area contributed by atoms with Gasteiger partial charge in [0, 0.05) is 11.6 Å². The molecule has 82 valence electrons. The van der Waals surface area contributed by atoms with Crippen molar-refractivity contribution in [2.75, 3.05) is 0 Å². The smallest absolute Gasteiger partial charge is 0.262 e. The number of hydrogen-bond donors (Lipinski definition) is 0. The maximum Gasteiger partial charge on any atom is 0.408 e. The summed E-state index contributed by atoms with van der Waals surface area (Å²) >= 11 is 0. The Morgan fingerprint density at radius 3 is 2.75 bits per heavy atom. The van der Waals surface area contributed by atoms with Crippen molar-refractivity contribution in [3.8, 4) is 6.07 Å². The molecule has 0 atom stereocenters. The van der Waals surface area contributed by atoms with Crippen LogP contribution in [0.25, 0.3) is 10.9 Å². The summed E-state index contributed by atoms with van der Waals surface area (Å²) in [6.45, 7) is -1.12. The number of fused-ring (bicyclic) bond motifs is 1. The summed E-state index contributed by atoms with van der Waals surface area (Å²) in [5, 5.41) is 12.9. The maximum absolute atomic E-state index is 12.1. The zero-order chi connectivity index (χ0) is 11.8. The molecule has 0 amide bonds. The zero-order valence-electron chi connectivity index (χ0n) is 7.99. The Hall–Kier alpha value is -2.03. The molecule has 0 fully saturated rings. The first-order valence-electron chi connectivity index (χ1n) is 4.42. The van der Waals surface area contributed by atoms with E-state index in [-0.39, 0.29) is 0 Å². The molecule has 0 unspecified atom stereocenters. The van der Waals surface area contributed by atoms with Crippen LogP contribution in [0, 0.1) is 11.3 Å². The van der Waals surface area contributed by atoms with Crippen LogP contribution in [-0.2, 0) is 6.54 Å². The maximum atomic E-state index is 12.1. The minimum atomic E-state index is -4.29. The van der Waals surface area contributed by atoms with Gasteiger partial charge >= 0.3 is 6.18 Å². The first-order chi connectivity index (χ1) is 7.48. The second kappa shape index (κ2) is 3.52. The fourth-order valence-electron chi connectivity index (χ4n) is 1.41. The third kappa shape index (κ3) is 2.14. The first kappa shape index (κ1) is 10.5. The molecule has 1 aromatic heterocycles. The van der Waals surface area contributed by atoms with Gasteiger partial charge in [-0.1, -0.05) is 0 Å². The lowest BCUT2D eigenvalue weighted by molar-refractivity contribution is -0.142. The van der Waals surface area contributed by atoms with Gasteiger partial charge in [0.2, 0.25) is 0 Å². The number of alkyl halides is 3. The van der Waals surface area contributed by atoms with Gasteiger partial charge in [-0.05, 0) is 18.2 Å². The van der Waals surface area contributed by atoms with E-state index >= 15 is 0 Å². The number of rotatable bonds is 1. The first-order valence-corrected chi connectivity index (χ1v) is 4.42. The molecule has 2 rings (SSSR count). The van der Waals surface area contributed by atoms with Crippen molar-refractivity contribution in [2.45, 2.75) is 12.7 Å². The Labute approximate surface area is 88.7 Å². The summed E-state index contributed by atoms with van der Waals surface area (Å²) < 4.78 is 37.1. The van der Waals surface area contributed by atoms with Crippen molar-refractivity contribution in [1.82, 2.24) is 9.78 Å². The van der Waals surface area contributed by atoms with E-state index in [9.17, 15) is 13.2 Å². The molecule has 0 saturated heterocycles. The third-order valence-corrected chi connectivity index (χ3v) is 2.02. The van der Waals surface area contributed by atoms with Gasteiger partial charge in [0.25, 0.3) is 0 Å². The van der Waals surface area contributed by atoms with Crippen molar-refractivity contribution in [1.29, 1.82) is 5.26 Å². The van der Waals surface area contributed by atoms with Crippen molar-refractivity contribution in [2.24, 2.45) is 0 Å². The van der Waals surface area contributed by atoms with Crippen molar-refractivity contribution >= 4 is 10.9 Å². The number of nitriles is 1. The molecule has 2 aromatic rings. The van der Waals surface area contributed by atoms with E-state index < -0.39 is 12.7 Å². The topological polar surface area (TPSA) is 41.6 Å². The highest BCUT2D eigenvalue weighted by Gasteiger charge is 2.28. The molecule has 0 aliphatic rings. The van der Waals surface area contributed by atoms with Gasteiger partial charge in [-0.25, -0.2) is 0 Å². The van der Waals surface area contributed by atoms with Crippen LogP contribution < -0.4 is 0 Å². The normalized spacial score (nSPS) is 11.6. The van der Waals surface area contributed by atoms with Gasteiger partial charge in [0.05, 0.1) is 17.1 Å². The molecular weight excluding hydrogens is 219 g/mol. The second-order valence-corrected chi connectivity index (χ2v) is 3.33. The number of aromatic nitrogens is 2. The van der Waals surface area contributed by atoms with E-state index in [4.69, 9.17) is 5.26 Å². The van der Waals surface area contributed by atoms with Crippen LogP contribution in [0.4, 0.5) is 13.2 Å². The lowest BCUT2D eigenvalue weighted by Crippen LogP contribution is -2.17. The van der Waals surface area contributed by atoms with Crippen LogP contribution in [0.15, 0.2) is 24.4 Å². The number of hydrogen-bond acceptors (Lipinski definition) is 2. The highest BCUT2D eigenvalue weighted by molar-refractivity contribution is 5.79. The van der Waals surface area contributed by atoms with Crippen molar-refractivity contribution < 1.29 is 13.2 Å². The molecular formula is C10H6F3N3. The number of nitrogens with zero attached hydrogens (tertiary/aromatic N) is 3. The lowest BCUT2D eigenvalue weighted by Gasteiger charge is -2.04. The second-order valence-electron chi connectivity index (χ2n) is 3.33. The Morgan fingerprint density at radius 1 is 1.38 bits per heavy atom. The summed E-state index contributed by atoms with van der Waals surface area (Å²) in [4.78, 5) is 0. The quantitative estimate of drug-likeness (QED) is 0.748. The van der Waals surface area contributed by atoms with Gasteiger partial charge < -0.3 is 0 Å². The molecule has 0 aliphatic carbocycles. The fraction of sp³-hybridized carbons (Fsp3) is 0.200. The van der Waals surface area contributed by atoms with Crippen molar-refractivity contribution in [3.63, 3.8) is 0 Å². The van der Waals surface area contributed by atoms with Crippen LogP contribution >= 0.6 is 0 Å². The molecule has 6 heteroatoms. The zero-order valence-corrected chi connectivity index (χ0v) is 7.99. The Balaban J connectivity index is 2.41. The molecule has 0 bridgehead atoms. The van der Waals surface area contributed by atoms with Crippen LogP contribution in [0.3, 0.4) is 0 Å². The summed E-state index contributed by atoms with van der Waals surface area (Å²) in [5.74, 6) is 0. The highest BCUT2D eigenvalue weighted by atomic mass is 19.4. The predicted octanol–water partition coefficient (Wildman–Crippen LogP) is 2.47. The highest BCUT2D eigenvalue weighted by Crippen LogP contribution is 2.20. The summed E-state index contributed by atoms with van der Waals surface area (Å²) in [5.41, 5.74) is 0.849. The van der Waals surface area contributed by atoms with E-state index in [2.05, 4.69) is 5.10 Å². The monoisotopic (exact) mass is 225 g/mol. The lowest BCUT2D eigenvalue weighted by atomic mass is 10.2. The largest absolute Gasteiger partial charge is 0.408 e. The molecule has 0 saturated carbocycles. The van der Waals surface area contributed by atoms with Gasteiger partial charge in [-0.15, -0.1) is 0 Å². The molecule has 1 heterocycles. The van der Waals surface area contributed by atoms with Gasteiger partial charge in [-0.3, -0.25) is 4.68 Å². The molecule has 1 aromatic carbocycles. The summed E-state index contributed by atoms with van der Waals surface area (Å²) in [6, 6.07) is 6.48. The van der Waals surface area contributed by atoms with E-state index in [1.165, 1.54) is 24.4 Å². The average Bonchev–Trinajstić information content (AvgIpc) is 2.55. The Morgan fingerprint density at radius 2 is 2.12 bits per heavy atom. The van der Waals surface area contributed by atoms with E-state index in [0.717, 1.165) is 4.68 Å². The molecule has 0 aliphatic heterocycles. The van der Waals surface area contributed by atoms with E-state index in [1.54, 1.807) is 0 Å². The molecule has 0 radical (unpaired) electrons. The van der Waals surface area contributed by atoms with Crippen LogP contribution in [0.5, 0.6) is 0 Å². The van der Waals surface area contributed by atoms with Crippen LogP contribution in [0.1, 0.15) is 5.56 Å². The molecule has 3 nitrogen and oxygen atoms in total. The minimum Gasteiger partial charge on any atom is -0.262 e. The molecule has 0 N–H and O–H groups in total. The molecule has 0 spiro atoms. The minimum absolute atomic E-state index is 0.402. The summed E-state index contributed by atoms with van der Waals surface area (Å²) in [6.07, 6.45) is -3.01. The van der Waals surface area contributed by atoms with Gasteiger partial charge in [0.1, 0.15) is 6.54 Å². The third-order valence-electron chi connectivity index (χ3n) is 2.02. The molecule has 16 heavy (non-hydrogen) atoms. The van der Waals surface area contributed by atoms with Gasteiger partial charge in [-0.2, -0.15) is 23.5 Å². The standard InChI is InChI=1S/C10H6F3N3/c11-10(12,13)6-16-5-8-3-7(4-14)1-2-9(8)15-16/h1-3,5H,6H2. The number of benzene rings is 1. The van der Waals surface area contributed by atoms with Crippen molar-refractivity contribution in [3.05, 3.63) is 30.0 Å². The SMILES string of the molecule is N#Cc1ccc2nn(CC(F)(F)F)cc2c1. The van der Waals surface area contributed by atoms with E-state index in [1.807, 2.05) is 6.07 Å². The Kier molecular flexibility index (Phi) is 2.31. The average molecular weight is 225 g/mol. The summed E-state index contributed by atoms with van der Waals surface area (Å²) in [7, 11) is 0. The van der Waals surface area contributed by atoms with Crippen LogP contribution in [0.2, 0.25) is 0 Å². The fourth-order valence-corrected chi connectivity index (χ4v) is 1.41.